The molecule has 10 aromatic rings. The van der Waals surface area contributed by atoms with Crippen molar-refractivity contribution in [2.75, 3.05) is 0 Å². The van der Waals surface area contributed by atoms with Crippen LogP contribution in [0.4, 0.5) is 0 Å². The average Bonchev–Trinajstić information content (AvgIpc) is 3.29. The molecule has 3 heteroatoms. The number of pyridine rings is 1. The summed E-state index contributed by atoms with van der Waals surface area (Å²) in [7, 11) is 0. The van der Waals surface area contributed by atoms with Crippen molar-refractivity contribution < 1.29 is 0 Å². The number of hydrogen-bond donors (Lipinski definition) is 0. The van der Waals surface area contributed by atoms with Crippen molar-refractivity contribution in [2.45, 2.75) is 6.92 Å². The lowest BCUT2D eigenvalue weighted by Gasteiger charge is -2.16. The zero-order valence-corrected chi connectivity index (χ0v) is 31.5. The molecule has 268 valence electrons. The Hall–Kier alpha value is -7.49. The van der Waals surface area contributed by atoms with Crippen LogP contribution in [0.2, 0.25) is 0 Å². The summed E-state index contributed by atoms with van der Waals surface area (Å²) in [5.41, 5.74) is 15.1. The van der Waals surface area contributed by atoms with Gasteiger partial charge in [0.25, 0.3) is 0 Å². The van der Waals surface area contributed by atoms with E-state index in [4.69, 9.17) is 9.97 Å². The maximum atomic E-state index is 5.27. The molecule has 2 heterocycles. The normalized spacial score (nSPS) is 11.2. The molecule has 0 bridgehead atoms. The van der Waals surface area contributed by atoms with Crippen LogP contribution in [0.5, 0.6) is 0 Å². The van der Waals surface area contributed by atoms with Crippen LogP contribution in [0.3, 0.4) is 0 Å². The third-order valence-corrected chi connectivity index (χ3v) is 10.9. The first kappa shape index (κ1) is 34.0. The molecule has 0 aliphatic rings. The van der Waals surface area contributed by atoms with E-state index in [-0.39, 0.29) is 0 Å². The Morgan fingerprint density at radius 3 is 1.37 bits per heavy atom. The maximum absolute atomic E-state index is 5.27. The van der Waals surface area contributed by atoms with Crippen molar-refractivity contribution in [1.29, 1.82) is 0 Å². The van der Waals surface area contributed by atoms with E-state index in [2.05, 4.69) is 194 Å². The lowest BCUT2D eigenvalue weighted by molar-refractivity contribution is 1.18. The van der Waals surface area contributed by atoms with Gasteiger partial charge in [-0.05, 0) is 104 Å². The summed E-state index contributed by atoms with van der Waals surface area (Å²) in [6, 6.07) is 71.2. The molecule has 0 amide bonds. The van der Waals surface area contributed by atoms with Crippen molar-refractivity contribution in [3.8, 4) is 78.4 Å². The van der Waals surface area contributed by atoms with Crippen LogP contribution < -0.4 is 0 Å². The second-order valence-corrected chi connectivity index (χ2v) is 14.5. The van der Waals surface area contributed by atoms with Gasteiger partial charge in [-0.15, -0.1) is 0 Å². The molecule has 0 N–H and O–H groups in total. The molecule has 0 atom stereocenters. The number of rotatable bonds is 7. The fraction of sp³-hybridized carbons (Fsp3) is 0.0185. The highest BCUT2D eigenvalue weighted by Crippen LogP contribution is 2.41. The standard InChI is InChI=1S/C54H37N3/c1-36-48(21-12-30-55-36)40-28-26-38(27-29-40)37-22-24-39(25-23-37)45-32-46(53-49-19-10-8-17-43(49)31-44-18-9-11-20-50(44)53)34-47(33-45)54-56-51(41-13-4-2-5-14-41)35-52(57-54)42-15-6-3-7-16-42/h2-35H,1H3. The van der Waals surface area contributed by atoms with Crippen molar-refractivity contribution >= 4 is 21.5 Å². The molecule has 2 aromatic heterocycles. The van der Waals surface area contributed by atoms with Gasteiger partial charge in [-0.3, -0.25) is 4.98 Å². The molecular formula is C54H37N3. The van der Waals surface area contributed by atoms with Crippen LogP contribution in [0.25, 0.3) is 100.0 Å². The molecule has 0 aliphatic heterocycles. The third-order valence-electron chi connectivity index (χ3n) is 10.9. The Kier molecular flexibility index (Phi) is 8.74. The fourth-order valence-electron chi connectivity index (χ4n) is 7.97. The van der Waals surface area contributed by atoms with Crippen molar-refractivity contribution in [2.24, 2.45) is 0 Å². The minimum absolute atomic E-state index is 0.684. The number of fused-ring (bicyclic) bond motifs is 2. The summed E-state index contributed by atoms with van der Waals surface area (Å²) in [5, 5.41) is 4.84. The zero-order valence-electron chi connectivity index (χ0n) is 31.5. The molecule has 8 aromatic carbocycles. The van der Waals surface area contributed by atoms with E-state index in [9.17, 15) is 0 Å². The van der Waals surface area contributed by atoms with Crippen molar-refractivity contribution in [1.82, 2.24) is 15.0 Å². The summed E-state index contributed by atoms with van der Waals surface area (Å²) in [6.07, 6.45) is 1.84. The van der Waals surface area contributed by atoms with Gasteiger partial charge in [-0.25, -0.2) is 9.97 Å². The minimum atomic E-state index is 0.684. The molecular weight excluding hydrogens is 691 g/mol. The van der Waals surface area contributed by atoms with E-state index < -0.39 is 0 Å². The quantitative estimate of drug-likeness (QED) is 0.153. The van der Waals surface area contributed by atoms with Crippen LogP contribution in [0.15, 0.2) is 206 Å². The molecule has 0 unspecified atom stereocenters. The Bertz CT molecular complexity index is 2930. The van der Waals surface area contributed by atoms with Gasteiger partial charge in [0.05, 0.1) is 11.4 Å². The smallest absolute Gasteiger partial charge is 0.160 e. The van der Waals surface area contributed by atoms with E-state index in [1.165, 1.54) is 38.2 Å². The largest absolute Gasteiger partial charge is 0.261 e. The van der Waals surface area contributed by atoms with Crippen LogP contribution in [-0.4, -0.2) is 15.0 Å². The van der Waals surface area contributed by atoms with Gasteiger partial charge < -0.3 is 0 Å². The Morgan fingerprint density at radius 2 is 0.807 bits per heavy atom. The molecule has 0 saturated heterocycles. The van der Waals surface area contributed by atoms with E-state index >= 15 is 0 Å². The number of benzene rings is 8. The Labute approximate surface area is 332 Å². The van der Waals surface area contributed by atoms with Crippen molar-refractivity contribution in [3.63, 3.8) is 0 Å². The molecule has 57 heavy (non-hydrogen) atoms. The first-order valence-electron chi connectivity index (χ1n) is 19.3. The van der Waals surface area contributed by atoms with E-state index in [0.29, 0.717) is 5.82 Å². The molecule has 0 saturated carbocycles. The lowest BCUT2D eigenvalue weighted by atomic mass is 9.89. The Morgan fingerprint density at radius 1 is 0.333 bits per heavy atom. The topological polar surface area (TPSA) is 38.7 Å². The van der Waals surface area contributed by atoms with Gasteiger partial charge >= 0.3 is 0 Å². The van der Waals surface area contributed by atoms with Gasteiger partial charge in [0.15, 0.2) is 5.82 Å². The molecule has 0 aliphatic carbocycles. The second-order valence-electron chi connectivity index (χ2n) is 14.5. The first-order chi connectivity index (χ1) is 28.1. The van der Waals surface area contributed by atoms with Crippen LogP contribution in [0.1, 0.15) is 5.69 Å². The number of aromatic nitrogens is 3. The third kappa shape index (κ3) is 6.66. The van der Waals surface area contributed by atoms with Crippen LogP contribution in [0, 0.1) is 6.92 Å². The highest BCUT2D eigenvalue weighted by Gasteiger charge is 2.17. The highest BCUT2D eigenvalue weighted by molar-refractivity contribution is 6.13. The fourth-order valence-corrected chi connectivity index (χ4v) is 7.97. The molecule has 0 fully saturated rings. The minimum Gasteiger partial charge on any atom is -0.261 e. The van der Waals surface area contributed by atoms with Gasteiger partial charge in [-0.2, -0.15) is 0 Å². The van der Waals surface area contributed by atoms with Gasteiger partial charge in [-0.1, -0.05) is 164 Å². The van der Waals surface area contributed by atoms with Gasteiger partial charge in [0, 0.05) is 34.1 Å². The van der Waals surface area contributed by atoms with Crippen LogP contribution in [-0.2, 0) is 0 Å². The maximum Gasteiger partial charge on any atom is 0.160 e. The number of nitrogens with zero attached hydrogens (tertiary/aromatic N) is 3. The SMILES string of the molecule is Cc1ncccc1-c1ccc(-c2ccc(-c3cc(-c4nc(-c5ccccc5)cc(-c5ccccc5)n4)cc(-c4c5ccccc5cc5ccccc45)c3)cc2)cc1. The monoisotopic (exact) mass is 727 g/mol. The summed E-state index contributed by atoms with van der Waals surface area (Å²) in [4.78, 5) is 15.0. The van der Waals surface area contributed by atoms with Gasteiger partial charge in [0.1, 0.15) is 0 Å². The summed E-state index contributed by atoms with van der Waals surface area (Å²) in [5.74, 6) is 0.684. The summed E-state index contributed by atoms with van der Waals surface area (Å²) < 4.78 is 0. The van der Waals surface area contributed by atoms with E-state index in [1.54, 1.807) is 0 Å². The van der Waals surface area contributed by atoms with Crippen LogP contribution >= 0.6 is 0 Å². The predicted octanol–water partition coefficient (Wildman–Crippen LogP) is 14.2. The molecule has 3 nitrogen and oxygen atoms in total. The average molecular weight is 728 g/mol. The molecule has 10 rings (SSSR count). The predicted molar refractivity (Wildman–Crippen MR) is 238 cm³/mol. The highest BCUT2D eigenvalue weighted by atomic mass is 14.9. The lowest BCUT2D eigenvalue weighted by Crippen LogP contribution is -1.97. The summed E-state index contributed by atoms with van der Waals surface area (Å²) in [6.45, 7) is 2.06. The Balaban J connectivity index is 1.15. The summed E-state index contributed by atoms with van der Waals surface area (Å²) >= 11 is 0. The van der Waals surface area contributed by atoms with E-state index in [0.717, 1.165) is 61.6 Å². The first-order valence-corrected chi connectivity index (χ1v) is 19.3. The van der Waals surface area contributed by atoms with E-state index in [1.807, 2.05) is 24.4 Å². The van der Waals surface area contributed by atoms with Gasteiger partial charge in [0.2, 0.25) is 0 Å². The number of hydrogen-bond acceptors (Lipinski definition) is 3. The zero-order chi connectivity index (χ0) is 38.1. The second kappa shape index (κ2) is 14.6. The molecule has 0 spiro atoms. The van der Waals surface area contributed by atoms with Crippen molar-refractivity contribution in [3.05, 3.63) is 212 Å². The molecule has 0 radical (unpaired) electrons. The number of aryl methyl sites for hydroxylation is 1.